The van der Waals surface area contributed by atoms with E-state index in [-0.39, 0.29) is 11.8 Å². The first kappa shape index (κ1) is 18.5. The van der Waals surface area contributed by atoms with Crippen LogP contribution >= 0.6 is 11.8 Å². The van der Waals surface area contributed by atoms with Crippen LogP contribution < -0.4 is 5.32 Å². The molecule has 3 rings (SSSR count). The summed E-state index contributed by atoms with van der Waals surface area (Å²) in [5.41, 5.74) is 1.73. The quantitative estimate of drug-likeness (QED) is 0.571. The van der Waals surface area contributed by atoms with Gasteiger partial charge in [0.2, 0.25) is 5.91 Å². The van der Waals surface area contributed by atoms with Gasteiger partial charge in [0.15, 0.2) is 0 Å². The molecule has 1 N–H and O–H groups in total. The molecule has 2 amide bonds. The van der Waals surface area contributed by atoms with E-state index in [9.17, 15) is 9.59 Å². The van der Waals surface area contributed by atoms with Crippen LogP contribution in [0.4, 0.5) is 0 Å². The summed E-state index contributed by atoms with van der Waals surface area (Å²) in [5, 5.41) is 2.97. The first-order valence-electron chi connectivity index (χ1n) is 9.05. The van der Waals surface area contributed by atoms with Crippen molar-refractivity contribution in [2.24, 2.45) is 0 Å². The Morgan fingerprint density at radius 1 is 1.08 bits per heavy atom. The lowest BCUT2D eigenvalue weighted by atomic mass is 10.1. The van der Waals surface area contributed by atoms with Gasteiger partial charge in [0.25, 0.3) is 5.91 Å². The molecule has 1 aliphatic rings. The standard InChI is InChI=1S/C21H24N2O2S/c24-20-8-4-14-23(20)16-17-9-11-18(12-10-17)21(25)22-13-5-15-26-19-6-2-1-3-7-19/h1-3,6-7,9-12H,4-5,8,13-16H2,(H,22,25). The van der Waals surface area contributed by atoms with Crippen molar-refractivity contribution in [2.75, 3.05) is 18.8 Å². The van der Waals surface area contributed by atoms with Gasteiger partial charge >= 0.3 is 0 Å². The molecule has 0 spiro atoms. The summed E-state index contributed by atoms with van der Waals surface area (Å²) < 4.78 is 0. The molecule has 136 valence electrons. The number of rotatable bonds is 8. The lowest BCUT2D eigenvalue weighted by Gasteiger charge is -2.15. The summed E-state index contributed by atoms with van der Waals surface area (Å²) in [4.78, 5) is 27.0. The molecule has 1 heterocycles. The number of carbonyl (C=O) groups is 2. The van der Waals surface area contributed by atoms with Gasteiger partial charge in [0, 0.05) is 36.5 Å². The monoisotopic (exact) mass is 368 g/mol. The molecule has 0 unspecified atom stereocenters. The zero-order chi connectivity index (χ0) is 18.2. The molecule has 0 aliphatic carbocycles. The largest absolute Gasteiger partial charge is 0.352 e. The minimum atomic E-state index is -0.0430. The molecule has 0 atom stereocenters. The minimum Gasteiger partial charge on any atom is -0.352 e. The molecular weight excluding hydrogens is 344 g/mol. The Bertz CT molecular complexity index is 731. The molecule has 26 heavy (non-hydrogen) atoms. The van der Waals surface area contributed by atoms with Crippen LogP contribution in [0, 0.1) is 0 Å². The number of nitrogens with zero attached hydrogens (tertiary/aromatic N) is 1. The molecule has 2 aromatic carbocycles. The van der Waals surface area contributed by atoms with E-state index in [0.29, 0.717) is 25.1 Å². The lowest BCUT2D eigenvalue weighted by Crippen LogP contribution is -2.25. The summed E-state index contributed by atoms with van der Waals surface area (Å²) >= 11 is 1.80. The topological polar surface area (TPSA) is 49.4 Å². The van der Waals surface area contributed by atoms with E-state index in [0.717, 1.165) is 30.7 Å². The van der Waals surface area contributed by atoms with Crippen molar-refractivity contribution >= 4 is 23.6 Å². The molecule has 0 saturated carbocycles. The highest BCUT2D eigenvalue weighted by molar-refractivity contribution is 7.99. The van der Waals surface area contributed by atoms with Gasteiger partial charge in [0.1, 0.15) is 0 Å². The van der Waals surface area contributed by atoms with Crippen molar-refractivity contribution in [3.63, 3.8) is 0 Å². The van der Waals surface area contributed by atoms with Crippen molar-refractivity contribution < 1.29 is 9.59 Å². The Balaban J connectivity index is 1.38. The summed E-state index contributed by atoms with van der Waals surface area (Å²) in [6.45, 7) is 2.14. The van der Waals surface area contributed by atoms with Gasteiger partial charge in [-0.3, -0.25) is 9.59 Å². The van der Waals surface area contributed by atoms with E-state index < -0.39 is 0 Å². The molecule has 1 fully saturated rings. The first-order chi connectivity index (χ1) is 12.7. The Morgan fingerprint density at radius 3 is 2.54 bits per heavy atom. The van der Waals surface area contributed by atoms with Gasteiger partial charge in [-0.2, -0.15) is 0 Å². The van der Waals surface area contributed by atoms with Gasteiger partial charge in [-0.1, -0.05) is 30.3 Å². The van der Waals surface area contributed by atoms with E-state index in [4.69, 9.17) is 0 Å². The third kappa shape index (κ3) is 5.36. The number of carbonyl (C=O) groups excluding carboxylic acids is 2. The van der Waals surface area contributed by atoms with Crippen LogP contribution in [-0.4, -0.2) is 35.6 Å². The third-order valence-corrected chi connectivity index (χ3v) is 5.48. The maximum Gasteiger partial charge on any atom is 0.251 e. The number of nitrogens with one attached hydrogen (secondary N) is 1. The van der Waals surface area contributed by atoms with Crippen LogP contribution in [-0.2, 0) is 11.3 Å². The first-order valence-corrected chi connectivity index (χ1v) is 10.0. The van der Waals surface area contributed by atoms with Gasteiger partial charge < -0.3 is 10.2 Å². The Kier molecular flexibility index (Phi) is 6.72. The maximum atomic E-state index is 12.2. The molecular formula is C21H24N2O2S. The number of hydrogen-bond donors (Lipinski definition) is 1. The van der Waals surface area contributed by atoms with Crippen LogP contribution in [0.1, 0.15) is 35.2 Å². The minimum absolute atomic E-state index is 0.0430. The zero-order valence-corrected chi connectivity index (χ0v) is 15.6. The van der Waals surface area contributed by atoms with Gasteiger partial charge in [0.05, 0.1) is 0 Å². The molecule has 1 aliphatic heterocycles. The smallest absolute Gasteiger partial charge is 0.251 e. The van der Waals surface area contributed by atoms with Crippen molar-refractivity contribution in [1.29, 1.82) is 0 Å². The van der Waals surface area contributed by atoms with Crippen molar-refractivity contribution in [3.8, 4) is 0 Å². The summed E-state index contributed by atoms with van der Waals surface area (Å²) in [5.74, 6) is 1.16. The van der Waals surface area contributed by atoms with Crippen molar-refractivity contribution in [1.82, 2.24) is 10.2 Å². The van der Waals surface area contributed by atoms with Gasteiger partial charge in [-0.05, 0) is 48.4 Å². The summed E-state index contributed by atoms with van der Waals surface area (Å²) in [7, 11) is 0. The fourth-order valence-electron chi connectivity index (χ4n) is 2.94. The average Bonchev–Trinajstić information content (AvgIpc) is 3.07. The fourth-order valence-corrected chi connectivity index (χ4v) is 3.81. The van der Waals surface area contributed by atoms with Crippen LogP contribution in [0.3, 0.4) is 0 Å². The predicted molar refractivity (Wildman–Crippen MR) is 105 cm³/mol. The number of amides is 2. The second-order valence-corrected chi connectivity index (χ2v) is 7.56. The van der Waals surface area contributed by atoms with E-state index in [1.165, 1.54) is 4.90 Å². The highest BCUT2D eigenvalue weighted by Gasteiger charge is 2.19. The zero-order valence-electron chi connectivity index (χ0n) is 14.8. The van der Waals surface area contributed by atoms with Crippen LogP contribution in [0.15, 0.2) is 59.5 Å². The number of thioether (sulfide) groups is 1. The lowest BCUT2D eigenvalue weighted by molar-refractivity contribution is -0.128. The SMILES string of the molecule is O=C(NCCCSc1ccccc1)c1ccc(CN2CCCC2=O)cc1. The van der Waals surface area contributed by atoms with Crippen LogP contribution in [0.2, 0.25) is 0 Å². The fraction of sp³-hybridized carbons (Fsp3) is 0.333. The molecule has 0 bridgehead atoms. The Hall–Kier alpha value is -2.27. The number of hydrogen-bond acceptors (Lipinski definition) is 3. The maximum absolute atomic E-state index is 12.2. The van der Waals surface area contributed by atoms with E-state index in [1.54, 1.807) is 11.8 Å². The molecule has 1 saturated heterocycles. The van der Waals surface area contributed by atoms with Crippen LogP contribution in [0.25, 0.3) is 0 Å². The number of benzene rings is 2. The molecule has 0 radical (unpaired) electrons. The normalized spacial score (nSPS) is 13.8. The summed E-state index contributed by atoms with van der Waals surface area (Å²) in [6.07, 6.45) is 2.53. The molecule has 5 heteroatoms. The second kappa shape index (κ2) is 9.43. The third-order valence-electron chi connectivity index (χ3n) is 4.38. The van der Waals surface area contributed by atoms with Crippen molar-refractivity contribution in [2.45, 2.75) is 30.7 Å². The second-order valence-electron chi connectivity index (χ2n) is 6.39. The van der Waals surface area contributed by atoms with Crippen molar-refractivity contribution in [3.05, 3.63) is 65.7 Å². The molecule has 4 nitrogen and oxygen atoms in total. The number of likely N-dealkylation sites (tertiary alicyclic amines) is 1. The van der Waals surface area contributed by atoms with Crippen LogP contribution in [0.5, 0.6) is 0 Å². The highest BCUT2D eigenvalue weighted by Crippen LogP contribution is 2.17. The molecule has 0 aromatic heterocycles. The molecule has 2 aromatic rings. The van der Waals surface area contributed by atoms with Gasteiger partial charge in [-0.25, -0.2) is 0 Å². The predicted octanol–water partition coefficient (Wildman–Crippen LogP) is 3.72. The highest BCUT2D eigenvalue weighted by atomic mass is 32.2. The summed E-state index contributed by atoms with van der Waals surface area (Å²) in [6, 6.07) is 17.8. The van der Waals surface area contributed by atoms with E-state index in [2.05, 4.69) is 17.4 Å². The Labute approximate surface area is 159 Å². The van der Waals surface area contributed by atoms with E-state index in [1.807, 2.05) is 47.4 Å². The van der Waals surface area contributed by atoms with E-state index >= 15 is 0 Å². The average molecular weight is 369 g/mol. The van der Waals surface area contributed by atoms with Gasteiger partial charge in [-0.15, -0.1) is 11.8 Å². The Morgan fingerprint density at radius 2 is 1.85 bits per heavy atom.